The molecule has 78 valence electrons. The van der Waals surface area contributed by atoms with Gasteiger partial charge in [0.05, 0.1) is 17.5 Å². The predicted molar refractivity (Wildman–Crippen MR) is 58.3 cm³/mol. The number of rotatable bonds is 2. The van der Waals surface area contributed by atoms with Gasteiger partial charge in [-0.1, -0.05) is 0 Å². The van der Waals surface area contributed by atoms with E-state index in [9.17, 15) is 4.79 Å². The van der Waals surface area contributed by atoms with E-state index in [0.717, 1.165) is 0 Å². The Morgan fingerprint density at radius 1 is 1.47 bits per heavy atom. The van der Waals surface area contributed by atoms with Crippen LogP contribution in [-0.4, -0.2) is 16.6 Å². The molecular formula is C11H12N2O2. The molecule has 0 unspecified atom stereocenters. The molecule has 0 bridgehead atoms. The molecule has 2 rings (SSSR count). The predicted octanol–water partition coefficient (Wildman–Crippen LogP) is 1.63. The van der Waals surface area contributed by atoms with Crippen LogP contribution in [0.25, 0.3) is 10.9 Å². The Morgan fingerprint density at radius 2 is 2.27 bits per heavy atom. The minimum atomic E-state index is -0.126. The molecule has 0 saturated carbocycles. The first kappa shape index (κ1) is 9.71. The number of H-pyrrole nitrogens is 1. The first-order valence-corrected chi connectivity index (χ1v) is 4.84. The van der Waals surface area contributed by atoms with Crippen molar-refractivity contribution in [3.8, 4) is 5.75 Å². The number of hydrogen-bond acceptors (Lipinski definition) is 3. The average Bonchev–Trinajstić information content (AvgIpc) is 2.19. The summed E-state index contributed by atoms with van der Waals surface area (Å²) in [7, 11) is 0. The van der Waals surface area contributed by atoms with Gasteiger partial charge in [0.2, 0.25) is 0 Å². The van der Waals surface area contributed by atoms with Gasteiger partial charge in [0, 0.05) is 0 Å². The van der Waals surface area contributed by atoms with Crippen LogP contribution in [0.15, 0.2) is 23.0 Å². The Morgan fingerprint density at radius 3 is 3.00 bits per heavy atom. The minimum Gasteiger partial charge on any atom is -0.494 e. The summed E-state index contributed by atoms with van der Waals surface area (Å²) in [5, 5.41) is 0.562. The Labute approximate surface area is 86.9 Å². The van der Waals surface area contributed by atoms with E-state index in [1.807, 2.05) is 13.0 Å². The highest BCUT2D eigenvalue weighted by Crippen LogP contribution is 2.16. The van der Waals surface area contributed by atoms with Gasteiger partial charge in [-0.25, -0.2) is 4.98 Å². The third-order valence-corrected chi connectivity index (χ3v) is 2.11. The number of fused-ring (bicyclic) bond motifs is 1. The molecule has 0 saturated heterocycles. The van der Waals surface area contributed by atoms with Crippen molar-refractivity contribution in [1.82, 2.24) is 9.97 Å². The van der Waals surface area contributed by atoms with Crippen LogP contribution in [0.5, 0.6) is 5.75 Å². The zero-order chi connectivity index (χ0) is 10.8. The highest BCUT2D eigenvalue weighted by molar-refractivity contribution is 5.79. The molecule has 0 fully saturated rings. The van der Waals surface area contributed by atoms with Crippen molar-refractivity contribution in [3.63, 3.8) is 0 Å². The third kappa shape index (κ3) is 1.83. The summed E-state index contributed by atoms with van der Waals surface area (Å²) in [6, 6.07) is 5.32. The molecule has 1 aromatic heterocycles. The smallest absolute Gasteiger partial charge is 0.258 e. The molecule has 2 aromatic rings. The van der Waals surface area contributed by atoms with Crippen LogP contribution < -0.4 is 10.3 Å². The fourth-order valence-corrected chi connectivity index (χ4v) is 1.49. The lowest BCUT2D eigenvalue weighted by atomic mass is 10.2. The Hall–Kier alpha value is -1.84. The summed E-state index contributed by atoms with van der Waals surface area (Å²) in [5.74, 6) is 1.32. The van der Waals surface area contributed by atoms with E-state index in [1.165, 1.54) is 0 Å². The molecule has 0 radical (unpaired) electrons. The van der Waals surface area contributed by atoms with E-state index in [4.69, 9.17) is 4.74 Å². The van der Waals surface area contributed by atoms with Gasteiger partial charge < -0.3 is 9.72 Å². The van der Waals surface area contributed by atoms with Gasteiger partial charge in [-0.2, -0.15) is 0 Å². The van der Waals surface area contributed by atoms with Gasteiger partial charge in [0.25, 0.3) is 5.56 Å². The molecule has 1 N–H and O–H groups in total. The van der Waals surface area contributed by atoms with Gasteiger partial charge in [0.15, 0.2) is 0 Å². The van der Waals surface area contributed by atoms with Crippen molar-refractivity contribution in [2.75, 3.05) is 6.61 Å². The third-order valence-electron chi connectivity index (χ3n) is 2.11. The van der Waals surface area contributed by atoms with Crippen LogP contribution >= 0.6 is 0 Å². The average molecular weight is 204 g/mol. The lowest BCUT2D eigenvalue weighted by Crippen LogP contribution is -2.09. The maximum Gasteiger partial charge on any atom is 0.258 e. The standard InChI is InChI=1S/C11H12N2O2/c1-3-15-8-4-5-10-9(6-8)11(14)13-7(2)12-10/h4-6H,3H2,1-2H3,(H,12,13,14). The van der Waals surface area contributed by atoms with Crippen LogP contribution in [0.4, 0.5) is 0 Å². The van der Waals surface area contributed by atoms with E-state index in [1.54, 1.807) is 19.1 Å². The maximum absolute atomic E-state index is 11.6. The van der Waals surface area contributed by atoms with E-state index >= 15 is 0 Å². The Bertz CT molecular complexity index is 546. The summed E-state index contributed by atoms with van der Waals surface area (Å²) in [6.07, 6.45) is 0. The largest absolute Gasteiger partial charge is 0.494 e. The molecular weight excluding hydrogens is 192 g/mol. The van der Waals surface area contributed by atoms with Gasteiger partial charge in [-0.05, 0) is 32.0 Å². The number of aromatic amines is 1. The number of nitrogens with one attached hydrogen (secondary N) is 1. The molecule has 0 spiro atoms. The molecule has 15 heavy (non-hydrogen) atoms. The van der Waals surface area contributed by atoms with Crippen molar-refractivity contribution in [2.24, 2.45) is 0 Å². The summed E-state index contributed by atoms with van der Waals surface area (Å²) in [6.45, 7) is 4.25. The first-order valence-electron chi connectivity index (χ1n) is 4.84. The SMILES string of the molecule is CCOc1ccc2nc(C)[nH]c(=O)c2c1. The number of ether oxygens (including phenoxy) is 1. The van der Waals surface area contributed by atoms with Gasteiger partial charge in [-0.3, -0.25) is 4.79 Å². The second-order valence-corrected chi connectivity index (χ2v) is 3.26. The van der Waals surface area contributed by atoms with E-state index in [2.05, 4.69) is 9.97 Å². The van der Waals surface area contributed by atoms with Crippen LogP contribution in [-0.2, 0) is 0 Å². The Balaban J connectivity index is 2.66. The molecule has 4 nitrogen and oxygen atoms in total. The van der Waals surface area contributed by atoms with Crippen molar-refractivity contribution >= 4 is 10.9 Å². The number of hydrogen-bond donors (Lipinski definition) is 1. The zero-order valence-corrected chi connectivity index (χ0v) is 8.70. The minimum absolute atomic E-state index is 0.126. The monoisotopic (exact) mass is 204 g/mol. The zero-order valence-electron chi connectivity index (χ0n) is 8.70. The normalized spacial score (nSPS) is 10.5. The summed E-state index contributed by atoms with van der Waals surface area (Å²) < 4.78 is 5.32. The second kappa shape index (κ2) is 3.73. The van der Waals surface area contributed by atoms with Crippen molar-refractivity contribution in [3.05, 3.63) is 34.4 Å². The fraction of sp³-hybridized carbons (Fsp3) is 0.273. The van der Waals surface area contributed by atoms with Crippen molar-refractivity contribution in [1.29, 1.82) is 0 Å². The van der Waals surface area contributed by atoms with E-state index in [0.29, 0.717) is 29.1 Å². The number of benzene rings is 1. The summed E-state index contributed by atoms with van der Waals surface area (Å²) in [5.41, 5.74) is 0.568. The van der Waals surface area contributed by atoms with Crippen LogP contribution in [0, 0.1) is 6.92 Å². The lowest BCUT2D eigenvalue weighted by molar-refractivity contribution is 0.340. The molecule has 1 heterocycles. The second-order valence-electron chi connectivity index (χ2n) is 3.26. The number of aromatic nitrogens is 2. The lowest BCUT2D eigenvalue weighted by Gasteiger charge is -2.03. The highest BCUT2D eigenvalue weighted by atomic mass is 16.5. The van der Waals surface area contributed by atoms with Gasteiger partial charge in [0.1, 0.15) is 11.6 Å². The molecule has 0 aliphatic heterocycles. The summed E-state index contributed by atoms with van der Waals surface area (Å²) >= 11 is 0. The number of aryl methyl sites for hydroxylation is 1. The quantitative estimate of drug-likeness (QED) is 0.808. The molecule has 4 heteroatoms. The van der Waals surface area contributed by atoms with Gasteiger partial charge >= 0.3 is 0 Å². The summed E-state index contributed by atoms with van der Waals surface area (Å²) in [4.78, 5) is 18.5. The number of nitrogens with zero attached hydrogens (tertiary/aromatic N) is 1. The molecule has 0 aliphatic rings. The van der Waals surface area contributed by atoms with E-state index in [-0.39, 0.29) is 5.56 Å². The Kier molecular flexibility index (Phi) is 2.41. The highest BCUT2D eigenvalue weighted by Gasteiger charge is 2.02. The molecule has 1 aromatic carbocycles. The van der Waals surface area contributed by atoms with Crippen LogP contribution in [0.3, 0.4) is 0 Å². The maximum atomic E-state index is 11.6. The van der Waals surface area contributed by atoms with Crippen molar-refractivity contribution in [2.45, 2.75) is 13.8 Å². The van der Waals surface area contributed by atoms with Crippen LogP contribution in [0.1, 0.15) is 12.7 Å². The molecule has 0 amide bonds. The van der Waals surface area contributed by atoms with Crippen molar-refractivity contribution < 1.29 is 4.74 Å². The topological polar surface area (TPSA) is 55.0 Å². The van der Waals surface area contributed by atoms with Crippen LogP contribution in [0.2, 0.25) is 0 Å². The molecule has 0 aliphatic carbocycles. The fourth-order valence-electron chi connectivity index (χ4n) is 1.49. The first-order chi connectivity index (χ1) is 7.20. The molecule has 0 atom stereocenters. The van der Waals surface area contributed by atoms with Gasteiger partial charge in [-0.15, -0.1) is 0 Å². The van der Waals surface area contributed by atoms with E-state index < -0.39 is 0 Å².